The Morgan fingerprint density at radius 1 is 1.09 bits per heavy atom. The minimum Gasteiger partial charge on any atom is -0.325 e. The number of aryl methyl sites for hydroxylation is 1. The Labute approximate surface area is 140 Å². The van der Waals surface area contributed by atoms with Crippen LogP contribution in [0.25, 0.3) is 0 Å². The van der Waals surface area contributed by atoms with E-state index < -0.39 is 0 Å². The first-order valence-corrected chi connectivity index (χ1v) is 8.54. The normalized spacial score (nSPS) is 16.5. The predicted molar refractivity (Wildman–Crippen MR) is 94.1 cm³/mol. The van der Waals surface area contributed by atoms with Gasteiger partial charge in [0, 0.05) is 10.2 Å². The van der Waals surface area contributed by atoms with Gasteiger partial charge < -0.3 is 5.32 Å². The van der Waals surface area contributed by atoms with Crippen LogP contribution in [0.2, 0.25) is 0 Å². The average Bonchev–Trinajstić information content (AvgIpc) is 3.03. The molecule has 0 atom stereocenters. The van der Waals surface area contributed by atoms with Gasteiger partial charge in [0.1, 0.15) is 0 Å². The lowest BCUT2D eigenvalue weighted by molar-refractivity contribution is -0.121. The van der Waals surface area contributed by atoms with Crippen LogP contribution in [0.4, 0.5) is 5.69 Å². The fourth-order valence-corrected chi connectivity index (χ4v) is 3.68. The molecule has 1 fully saturated rings. The maximum Gasteiger partial charge on any atom is 0.235 e. The topological polar surface area (TPSA) is 29.1 Å². The first-order chi connectivity index (χ1) is 10.6. The molecule has 0 unspecified atom stereocenters. The predicted octanol–water partition coefficient (Wildman–Crippen LogP) is 5.21. The van der Waals surface area contributed by atoms with E-state index >= 15 is 0 Å². The van der Waals surface area contributed by atoms with E-state index in [9.17, 15) is 4.79 Å². The highest BCUT2D eigenvalue weighted by atomic mass is 79.9. The molecule has 1 aliphatic rings. The van der Waals surface area contributed by atoms with E-state index in [4.69, 9.17) is 0 Å². The molecular weight excluding hydrogens is 338 g/mol. The molecule has 1 amide bonds. The van der Waals surface area contributed by atoms with Crippen molar-refractivity contribution in [2.75, 3.05) is 5.32 Å². The number of anilines is 1. The summed E-state index contributed by atoms with van der Waals surface area (Å²) in [6.45, 7) is 2.04. The molecule has 0 heterocycles. The fraction of sp³-hybridized carbons (Fsp3) is 0.316. The lowest BCUT2D eigenvalue weighted by Crippen LogP contribution is -2.37. The Balaban J connectivity index is 1.89. The zero-order chi connectivity index (χ0) is 15.6. The van der Waals surface area contributed by atoms with Crippen molar-refractivity contribution in [1.29, 1.82) is 0 Å². The molecule has 3 heteroatoms. The monoisotopic (exact) mass is 357 g/mol. The van der Waals surface area contributed by atoms with Gasteiger partial charge >= 0.3 is 0 Å². The second kappa shape index (κ2) is 6.25. The van der Waals surface area contributed by atoms with Crippen LogP contribution in [0.1, 0.15) is 36.8 Å². The molecule has 1 N–H and O–H groups in total. The number of amides is 1. The van der Waals surface area contributed by atoms with Crippen LogP contribution in [-0.2, 0) is 10.2 Å². The Kier molecular flexibility index (Phi) is 4.34. The third kappa shape index (κ3) is 2.82. The third-order valence-corrected chi connectivity index (χ3v) is 5.50. The van der Waals surface area contributed by atoms with Crippen LogP contribution in [-0.4, -0.2) is 5.91 Å². The lowest BCUT2D eigenvalue weighted by atomic mass is 9.78. The van der Waals surface area contributed by atoms with Gasteiger partial charge in [0.25, 0.3) is 0 Å². The van der Waals surface area contributed by atoms with Crippen LogP contribution >= 0.6 is 15.9 Å². The zero-order valence-corrected chi connectivity index (χ0v) is 14.3. The number of hydrogen-bond acceptors (Lipinski definition) is 1. The van der Waals surface area contributed by atoms with Crippen LogP contribution in [0, 0.1) is 6.92 Å². The maximum atomic E-state index is 13.0. The number of carbonyl (C=O) groups is 1. The van der Waals surface area contributed by atoms with Gasteiger partial charge in [-0.25, -0.2) is 0 Å². The molecule has 2 nitrogen and oxygen atoms in total. The second-order valence-corrected chi connectivity index (χ2v) is 6.93. The van der Waals surface area contributed by atoms with Crippen molar-refractivity contribution < 1.29 is 4.79 Å². The second-order valence-electron chi connectivity index (χ2n) is 6.07. The van der Waals surface area contributed by atoms with Crippen LogP contribution in [0.15, 0.2) is 53.0 Å². The van der Waals surface area contributed by atoms with E-state index in [1.54, 1.807) is 0 Å². The Morgan fingerprint density at radius 3 is 2.41 bits per heavy atom. The summed E-state index contributed by atoms with van der Waals surface area (Å²) in [4.78, 5) is 13.0. The molecule has 114 valence electrons. The highest BCUT2D eigenvalue weighted by molar-refractivity contribution is 9.10. The SMILES string of the molecule is Cc1ccc(NC(=O)C2(c3ccccc3)CCCC2)cc1Br. The minimum atomic E-state index is -0.376. The van der Waals surface area contributed by atoms with E-state index in [1.807, 2.05) is 43.3 Å². The number of benzene rings is 2. The summed E-state index contributed by atoms with van der Waals surface area (Å²) < 4.78 is 1.02. The molecule has 2 aromatic rings. The highest BCUT2D eigenvalue weighted by Crippen LogP contribution is 2.42. The van der Waals surface area contributed by atoms with Gasteiger partial charge in [-0.1, -0.05) is 65.2 Å². The molecule has 0 spiro atoms. The van der Waals surface area contributed by atoms with Crippen LogP contribution in [0.3, 0.4) is 0 Å². The summed E-state index contributed by atoms with van der Waals surface area (Å²) in [5.74, 6) is 0.118. The van der Waals surface area contributed by atoms with E-state index in [0.29, 0.717) is 0 Å². The minimum absolute atomic E-state index is 0.118. The number of hydrogen-bond donors (Lipinski definition) is 1. The number of halogens is 1. The molecular formula is C19H20BrNO. The Hall–Kier alpha value is -1.61. The first-order valence-electron chi connectivity index (χ1n) is 7.75. The fourth-order valence-electron chi connectivity index (χ4n) is 3.30. The highest BCUT2D eigenvalue weighted by Gasteiger charge is 2.42. The number of carbonyl (C=O) groups excluding carboxylic acids is 1. The summed E-state index contributed by atoms with van der Waals surface area (Å²) >= 11 is 3.53. The van der Waals surface area contributed by atoms with Crippen molar-refractivity contribution in [3.63, 3.8) is 0 Å². The zero-order valence-electron chi connectivity index (χ0n) is 12.7. The summed E-state index contributed by atoms with van der Waals surface area (Å²) in [7, 11) is 0. The smallest absolute Gasteiger partial charge is 0.235 e. The molecule has 1 aliphatic carbocycles. The molecule has 0 aliphatic heterocycles. The summed E-state index contributed by atoms with van der Waals surface area (Å²) in [6.07, 6.45) is 4.07. The molecule has 0 aromatic heterocycles. The van der Waals surface area contributed by atoms with Crippen LogP contribution < -0.4 is 5.32 Å². The number of nitrogens with one attached hydrogen (secondary N) is 1. The largest absolute Gasteiger partial charge is 0.325 e. The number of rotatable bonds is 3. The maximum absolute atomic E-state index is 13.0. The van der Waals surface area contributed by atoms with Gasteiger partial charge in [0.2, 0.25) is 5.91 Å². The van der Waals surface area contributed by atoms with E-state index in [0.717, 1.165) is 47.0 Å². The Bertz CT molecular complexity index is 675. The van der Waals surface area contributed by atoms with Gasteiger partial charge in [0.15, 0.2) is 0 Å². The molecule has 0 bridgehead atoms. The van der Waals surface area contributed by atoms with Crippen molar-refractivity contribution in [1.82, 2.24) is 0 Å². The Morgan fingerprint density at radius 2 is 1.77 bits per heavy atom. The van der Waals surface area contributed by atoms with Crippen molar-refractivity contribution in [2.24, 2.45) is 0 Å². The lowest BCUT2D eigenvalue weighted by Gasteiger charge is -2.28. The third-order valence-electron chi connectivity index (χ3n) is 4.65. The van der Waals surface area contributed by atoms with Crippen molar-refractivity contribution in [3.8, 4) is 0 Å². The molecule has 3 rings (SSSR count). The molecule has 2 aromatic carbocycles. The molecule has 1 saturated carbocycles. The summed E-state index contributed by atoms with van der Waals surface area (Å²) in [6, 6.07) is 16.2. The standard InChI is InChI=1S/C19H20BrNO/c1-14-9-10-16(13-17(14)20)21-18(22)19(11-5-6-12-19)15-7-3-2-4-8-15/h2-4,7-10,13H,5-6,11-12H2,1H3,(H,21,22). The molecule has 0 saturated heterocycles. The van der Waals surface area contributed by atoms with E-state index in [-0.39, 0.29) is 11.3 Å². The van der Waals surface area contributed by atoms with Gasteiger partial charge in [-0.15, -0.1) is 0 Å². The van der Waals surface area contributed by atoms with E-state index in [1.165, 1.54) is 0 Å². The van der Waals surface area contributed by atoms with Gasteiger partial charge in [-0.3, -0.25) is 4.79 Å². The van der Waals surface area contributed by atoms with E-state index in [2.05, 4.69) is 33.4 Å². The molecule has 22 heavy (non-hydrogen) atoms. The van der Waals surface area contributed by atoms with Crippen molar-refractivity contribution >= 4 is 27.5 Å². The van der Waals surface area contributed by atoms with Crippen molar-refractivity contribution in [2.45, 2.75) is 38.0 Å². The quantitative estimate of drug-likeness (QED) is 0.802. The van der Waals surface area contributed by atoms with Crippen LogP contribution in [0.5, 0.6) is 0 Å². The van der Waals surface area contributed by atoms with Crippen molar-refractivity contribution in [3.05, 3.63) is 64.1 Å². The first kappa shape index (κ1) is 15.3. The summed E-state index contributed by atoms with van der Waals surface area (Å²) in [5.41, 5.74) is 2.77. The summed E-state index contributed by atoms with van der Waals surface area (Å²) in [5, 5.41) is 3.12. The van der Waals surface area contributed by atoms with Gasteiger partial charge in [-0.2, -0.15) is 0 Å². The average molecular weight is 358 g/mol. The van der Waals surface area contributed by atoms with Gasteiger partial charge in [-0.05, 0) is 43.0 Å². The molecule has 0 radical (unpaired) electrons. The van der Waals surface area contributed by atoms with Gasteiger partial charge in [0.05, 0.1) is 5.41 Å².